The summed E-state index contributed by atoms with van der Waals surface area (Å²) in [6.07, 6.45) is 2.49. The Morgan fingerprint density at radius 2 is 1.86 bits per heavy atom. The molecule has 2 aromatic rings. The molecule has 1 aromatic heterocycles. The van der Waals surface area contributed by atoms with Gasteiger partial charge in [-0.15, -0.1) is 0 Å². The number of urea groups is 1. The number of nitrogens with two attached hydrogens (primary N) is 1. The Morgan fingerprint density at radius 1 is 1.20 bits per heavy atom. The summed E-state index contributed by atoms with van der Waals surface area (Å²) in [7, 11) is 0. The van der Waals surface area contributed by atoms with Crippen LogP contribution in [0.25, 0.3) is 0 Å². The quantitative estimate of drug-likeness (QED) is 0.210. The maximum atomic E-state index is 13.0. The molecule has 5 rings (SSSR count). The number of anilines is 1. The van der Waals surface area contributed by atoms with Crippen LogP contribution in [0, 0.1) is 0 Å². The average Bonchev–Trinajstić information content (AvgIpc) is 3.20. The van der Waals surface area contributed by atoms with E-state index in [0.29, 0.717) is 16.8 Å². The molecule has 13 heteroatoms. The van der Waals surface area contributed by atoms with E-state index in [2.05, 4.69) is 22.9 Å². The number of nitrogens with zero attached hydrogens (tertiary/aromatic N) is 3. The topological polar surface area (TPSA) is 155 Å². The van der Waals surface area contributed by atoms with Crippen LogP contribution in [0.5, 0.6) is 0 Å². The summed E-state index contributed by atoms with van der Waals surface area (Å²) < 4.78 is 6.06. The van der Waals surface area contributed by atoms with Gasteiger partial charge in [-0.1, -0.05) is 0 Å². The van der Waals surface area contributed by atoms with Crippen LogP contribution < -0.4 is 40.6 Å². The Balaban J connectivity index is 0.00000180. The standard InChI is InChI=1S/C22H19N5O6S.Na.H/c23-19(28)11-1-3-12(4-2-11)25-22(32)26-9-13-14-15(26)20(29)27(14)16(21(30)31)17(33-13)18(34)10-5-7-24-8-6-10;;/h1-8,13-15,18,34H,9H2,(H2,23,28)(H,25,32)(H,30,31);;/q;+1;-1/t13-,14-,15+,18?;;/m1../s1. The minimum absolute atomic E-state index is 0. The molecule has 35 heavy (non-hydrogen) atoms. The Morgan fingerprint density at radius 3 is 2.46 bits per heavy atom. The third-order valence-corrected chi connectivity index (χ3v) is 6.65. The van der Waals surface area contributed by atoms with Gasteiger partial charge in [-0.3, -0.25) is 19.5 Å². The first-order valence-corrected chi connectivity index (χ1v) is 10.8. The molecule has 4 amide bonds. The zero-order valence-corrected chi connectivity index (χ0v) is 21.4. The molecule has 1 unspecified atom stereocenters. The first-order valence-electron chi connectivity index (χ1n) is 10.3. The number of β-lactam (4-membered cyclic amide) rings is 1. The molecular formula is C22H20N5NaO6S. The maximum Gasteiger partial charge on any atom is 1.00 e. The molecule has 4 heterocycles. The largest absolute Gasteiger partial charge is 1.00 e. The summed E-state index contributed by atoms with van der Waals surface area (Å²) >= 11 is 4.55. The van der Waals surface area contributed by atoms with Gasteiger partial charge in [0.2, 0.25) is 5.91 Å². The van der Waals surface area contributed by atoms with E-state index < -0.39 is 47.3 Å². The summed E-state index contributed by atoms with van der Waals surface area (Å²) in [6, 6.07) is 7.36. The number of carboxylic acids is 1. The van der Waals surface area contributed by atoms with Crippen LogP contribution in [0.2, 0.25) is 0 Å². The number of aromatic nitrogens is 1. The van der Waals surface area contributed by atoms with Crippen molar-refractivity contribution < 1.29 is 60.0 Å². The van der Waals surface area contributed by atoms with Gasteiger partial charge >= 0.3 is 41.6 Å². The van der Waals surface area contributed by atoms with Crippen LogP contribution in [-0.2, 0) is 14.3 Å². The molecule has 2 saturated heterocycles. The van der Waals surface area contributed by atoms with Gasteiger partial charge in [0.15, 0.2) is 5.70 Å². The van der Waals surface area contributed by atoms with E-state index in [0.717, 1.165) is 0 Å². The van der Waals surface area contributed by atoms with Crippen molar-refractivity contribution in [3.8, 4) is 0 Å². The number of thiol groups is 1. The van der Waals surface area contributed by atoms with Gasteiger partial charge in [-0.2, -0.15) is 12.6 Å². The minimum atomic E-state index is -1.31. The van der Waals surface area contributed by atoms with Crippen molar-refractivity contribution in [2.24, 2.45) is 5.73 Å². The molecule has 1 aromatic carbocycles. The number of likely N-dealkylation sites (tertiary alicyclic amines) is 1. The third kappa shape index (κ3) is 4.16. The van der Waals surface area contributed by atoms with Crippen LogP contribution in [0.1, 0.15) is 22.6 Å². The summed E-state index contributed by atoms with van der Waals surface area (Å²) in [4.78, 5) is 55.8. The molecule has 0 radical (unpaired) electrons. The van der Waals surface area contributed by atoms with E-state index >= 15 is 0 Å². The van der Waals surface area contributed by atoms with Crippen molar-refractivity contribution >= 4 is 42.1 Å². The number of hydrogen-bond donors (Lipinski definition) is 4. The molecule has 3 aliphatic rings. The summed E-state index contributed by atoms with van der Waals surface area (Å²) in [6.45, 7) is 0.0794. The smallest absolute Gasteiger partial charge is 1.00 e. The second kappa shape index (κ2) is 9.53. The van der Waals surface area contributed by atoms with Crippen LogP contribution in [0.4, 0.5) is 10.5 Å². The van der Waals surface area contributed by atoms with Crippen molar-refractivity contribution in [1.82, 2.24) is 14.8 Å². The number of hydrogen-bond acceptors (Lipinski definition) is 7. The van der Waals surface area contributed by atoms with Gasteiger partial charge in [0.05, 0.1) is 11.8 Å². The number of rotatable bonds is 5. The summed E-state index contributed by atoms with van der Waals surface area (Å²) in [5, 5.41) is 11.8. The summed E-state index contributed by atoms with van der Waals surface area (Å²) in [5.74, 6) is -2.36. The van der Waals surface area contributed by atoms with Crippen molar-refractivity contribution in [2.45, 2.75) is 23.4 Å². The fourth-order valence-electron chi connectivity index (χ4n) is 4.52. The van der Waals surface area contributed by atoms with Crippen LogP contribution in [-0.4, -0.2) is 68.4 Å². The zero-order valence-electron chi connectivity index (χ0n) is 19.5. The second-order valence-corrected chi connectivity index (χ2v) is 8.54. The monoisotopic (exact) mass is 505 g/mol. The van der Waals surface area contributed by atoms with E-state index in [1.54, 1.807) is 24.5 Å². The molecule has 4 N–H and O–H groups in total. The van der Waals surface area contributed by atoms with Crippen LogP contribution in [0.15, 0.2) is 60.2 Å². The van der Waals surface area contributed by atoms with Gasteiger partial charge in [0.1, 0.15) is 23.9 Å². The Kier molecular flexibility index (Phi) is 6.82. The molecule has 176 valence electrons. The maximum absolute atomic E-state index is 13.0. The van der Waals surface area contributed by atoms with E-state index in [4.69, 9.17) is 10.5 Å². The Hall–Kier alpha value is -3.06. The predicted octanol–water partition coefficient (Wildman–Crippen LogP) is -1.91. The number of carbonyl (C=O) groups excluding carboxylic acids is 3. The van der Waals surface area contributed by atoms with Crippen molar-refractivity contribution in [2.75, 3.05) is 11.9 Å². The van der Waals surface area contributed by atoms with Crippen LogP contribution in [0.3, 0.4) is 0 Å². The predicted molar refractivity (Wildman–Crippen MR) is 122 cm³/mol. The Labute approximate surface area is 228 Å². The van der Waals surface area contributed by atoms with Gasteiger partial charge in [-0.05, 0) is 42.0 Å². The Bertz CT molecular complexity index is 1250. The number of pyridine rings is 1. The van der Waals surface area contributed by atoms with E-state index in [9.17, 15) is 24.3 Å². The van der Waals surface area contributed by atoms with Crippen molar-refractivity contribution in [3.05, 3.63) is 71.4 Å². The number of carboxylic acid groups (broad SMARTS) is 1. The molecule has 0 aliphatic carbocycles. The number of primary amides is 1. The van der Waals surface area contributed by atoms with E-state index in [-0.39, 0.29) is 49.0 Å². The number of aliphatic carboxylic acids is 1. The van der Waals surface area contributed by atoms with E-state index in [1.807, 2.05) is 0 Å². The second-order valence-electron chi connectivity index (χ2n) is 8.03. The number of amides is 4. The zero-order chi connectivity index (χ0) is 24.1. The first-order chi connectivity index (χ1) is 16.3. The fourth-order valence-corrected chi connectivity index (χ4v) is 4.88. The number of benzene rings is 1. The molecule has 11 nitrogen and oxygen atoms in total. The molecule has 3 aliphatic heterocycles. The number of carbonyl (C=O) groups is 4. The molecular weight excluding hydrogens is 485 g/mol. The van der Waals surface area contributed by atoms with Crippen LogP contribution >= 0.6 is 12.6 Å². The normalized spacial score (nSPS) is 22.9. The SMILES string of the molecule is NC(=O)c1ccc(NC(=O)N2C[C@H]3OC(C(S)c4ccncc4)=C(C(=O)O)N4C(=O)[C@@H]2[C@@H]34)cc1.[H-].[Na+]. The van der Waals surface area contributed by atoms with Gasteiger partial charge in [0.25, 0.3) is 5.91 Å². The van der Waals surface area contributed by atoms with E-state index in [1.165, 1.54) is 34.1 Å². The van der Waals surface area contributed by atoms with Crippen molar-refractivity contribution in [1.29, 1.82) is 0 Å². The van der Waals surface area contributed by atoms with Gasteiger partial charge in [0, 0.05) is 23.6 Å². The molecule has 0 spiro atoms. The fraction of sp³-hybridized carbons (Fsp3) is 0.227. The molecule has 0 saturated carbocycles. The number of nitrogens with one attached hydrogen (secondary N) is 1. The van der Waals surface area contributed by atoms with Crippen molar-refractivity contribution in [3.63, 3.8) is 0 Å². The first kappa shape index (κ1) is 25.0. The molecule has 2 fully saturated rings. The molecule has 4 atom stereocenters. The average molecular weight is 505 g/mol. The summed E-state index contributed by atoms with van der Waals surface area (Å²) in [5.41, 5.74) is 6.31. The third-order valence-electron chi connectivity index (χ3n) is 6.11. The number of ether oxygens (including phenoxy) is 1. The van der Waals surface area contributed by atoms with Gasteiger partial charge < -0.3 is 27.2 Å². The molecule has 0 bridgehead atoms. The van der Waals surface area contributed by atoms with Gasteiger partial charge in [-0.25, -0.2) is 9.59 Å². The minimum Gasteiger partial charge on any atom is -1.00 e.